The Labute approximate surface area is 160 Å². The zero-order chi connectivity index (χ0) is 17.9. The Hall–Kier alpha value is -1.44. The molecule has 1 heterocycles. The molecule has 0 atom stereocenters. The summed E-state index contributed by atoms with van der Waals surface area (Å²) in [7, 11) is -3.54. The molecule has 8 heteroatoms. The number of thiazole rings is 1. The molecule has 1 N–H and O–H groups in total. The minimum absolute atomic E-state index is 0.192. The van der Waals surface area contributed by atoms with Gasteiger partial charge in [0.15, 0.2) is 0 Å². The third-order valence-corrected chi connectivity index (χ3v) is 6.36. The van der Waals surface area contributed by atoms with Gasteiger partial charge in [-0.3, -0.25) is 0 Å². The number of nitrogens with one attached hydrogen (secondary N) is 1. The van der Waals surface area contributed by atoms with Crippen LogP contribution in [0.4, 0.5) is 0 Å². The zero-order valence-corrected chi connectivity index (χ0v) is 16.1. The Bertz CT molecular complexity index is 953. The monoisotopic (exact) mass is 412 g/mol. The Balaban J connectivity index is 1.61. The minimum Gasteiger partial charge on any atom is -0.241 e. The van der Waals surface area contributed by atoms with Gasteiger partial charge >= 0.3 is 0 Å². The Kier molecular flexibility index (Phi) is 5.76. The molecule has 0 saturated carbocycles. The van der Waals surface area contributed by atoms with Crippen molar-refractivity contribution in [2.24, 2.45) is 0 Å². The molecular weight excluding hydrogens is 399 g/mol. The SMILES string of the molecule is O=S(=O)(NCCc1csc(-c2ccc(Cl)cc2)n1)c1ccc(Cl)cc1. The molecule has 0 spiro atoms. The van der Waals surface area contributed by atoms with Gasteiger partial charge in [0.2, 0.25) is 10.0 Å². The van der Waals surface area contributed by atoms with E-state index in [9.17, 15) is 8.42 Å². The summed E-state index contributed by atoms with van der Waals surface area (Å²) in [5.74, 6) is 0. The van der Waals surface area contributed by atoms with Crippen molar-refractivity contribution in [3.63, 3.8) is 0 Å². The molecule has 0 fully saturated rings. The van der Waals surface area contributed by atoms with Gasteiger partial charge in [-0.25, -0.2) is 18.1 Å². The van der Waals surface area contributed by atoms with Crippen molar-refractivity contribution in [2.75, 3.05) is 6.54 Å². The van der Waals surface area contributed by atoms with Crippen molar-refractivity contribution in [3.05, 3.63) is 69.7 Å². The molecule has 0 unspecified atom stereocenters. The molecular formula is C17H14Cl2N2O2S2. The number of hydrogen-bond donors (Lipinski definition) is 1. The molecule has 0 saturated heterocycles. The van der Waals surface area contributed by atoms with Gasteiger partial charge in [-0.15, -0.1) is 11.3 Å². The zero-order valence-electron chi connectivity index (χ0n) is 12.9. The third-order valence-electron chi connectivity index (χ3n) is 3.44. The number of halogens is 2. The summed E-state index contributed by atoms with van der Waals surface area (Å²) in [6.07, 6.45) is 0.511. The Morgan fingerprint density at radius 3 is 2.20 bits per heavy atom. The van der Waals surface area contributed by atoms with E-state index in [1.165, 1.54) is 23.5 Å². The van der Waals surface area contributed by atoms with E-state index in [0.29, 0.717) is 16.5 Å². The fourth-order valence-corrected chi connectivity index (χ4v) is 4.30. The van der Waals surface area contributed by atoms with E-state index in [0.717, 1.165) is 16.3 Å². The van der Waals surface area contributed by atoms with Crippen LogP contribution in [-0.2, 0) is 16.4 Å². The topological polar surface area (TPSA) is 59.1 Å². The first kappa shape index (κ1) is 18.4. The number of hydrogen-bond acceptors (Lipinski definition) is 4. The second-order valence-electron chi connectivity index (χ2n) is 5.25. The molecule has 0 aliphatic heterocycles. The average Bonchev–Trinajstić information content (AvgIpc) is 3.04. The van der Waals surface area contributed by atoms with Gasteiger partial charge < -0.3 is 0 Å². The number of rotatable bonds is 6. The highest BCUT2D eigenvalue weighted by molar-refractivity contribution is 7.89. The number of aromatic nitrogens is 1. The highest BCUT2D eigenvalue weighted by Crippen LogP contribution is 2.25. The first-order chi connectivity index (χ1) is 11.9. The second-order valence-corrected chi connectivity index (χ2v) is 8.75. The van der Waals surface area contributed by atoms with Gasteiger partial charge in [-0.1, -0.05) is 35.3 Å². The van der Waals surface area contributed by atoms with Crippen LogP contribution in [0.2, 0.25) is 10.0 Å². The maximum Gasteiger partial charge on any atom is 0.240 e. The largest absolute Gasteiger partial charge is 0.241 e. The van der Waals surface area contributed by atoms with Gasteiger partial charge in [0.05, 0.1) is 10.6 Å². The predicted molar refractivity (Wildman–Crippen MR) is 103 cm³/mol. The van der Waals surface area contributed by atoms with E-state index < -0.39 is 10.0 Å². The standard InChI is InChI=1S/C17H14Cl2N2O2S2/c18-13-3-1-12(2-4-13)17-21-15(11-24-17)9-10-20-25(22,23)16-7-5-14(19)6-8-16/h1-8,11,20H,9-10H2. The van der Waals surface area contributed by atoms with Crippen LogP contribution < -0.4 is 4.72 Å². The van der Waals surface area contributed by atoms with E-state index in [2.05, 4.69) is 9.71 Å². The highest BCUT2D eigenvalue weighted by Gasteiger charge is 2.13. The highest BCUT2D eigenvalue weighted by atomic mass is 35.5. The quantitative estimate of drug-likeness (QED) is 0.641. The molecule has 25 heavy (non-hydrogen) atoms. The van der Waals surface area contributed by atoms with Crippen LogP contribution in [-0.4, -0.2) is 19.9 Å². The van der Waals surface area contributed by atoms with Crippen molar-refractivity contribution >= 4 is 44.6 Å². The molecule has 0 radical (unpaired) electrons. The van der Waals surface area contributed by atoms with E-state index in [-0.39, 0.29) is 11.4 Å². The molecule has 3 aromatic rings. The third kappa shape index (κ3) is 4.80. The summed E-state index contributed by atoms with van der Waals surface area (Å²) in [4.78, 5) is 4.73. The van der Waals surface area contributed by atoms with Gasteiger partial charge in [0.25, 0.3) is 0 Å². The lowest BCUT2D eigenvalue weighted by Gasteiger charge is -2.05. The van der Waals surface area contributed by atoms with Crippen molar-refractivity contribution in [1.29, 1.82) is 0 Å². The van der Waals surface area contributed by atoms with E-state index >= 15 is 0 Å². The molecule has 3 rings (SSSR count). The van der Waals surface area contributed by atoms with Crippen molar-refractivity contribution in [1.82, 2.24) is 9.71 Å². The number of sulfonamides is 1. The Morgan fingerprint density at radius 2 is 1.56 bits per heavy atom. The van der Waals surface area contributed by atoms with Crippen LogP contribution in [0, 0.1) is 0 Å². The molecule has 0 bridgehead atoms. The van der Waals surface area contributed by atoms with Gasteiger partial charge in [-0.05, 0) is 36.4 Å². The molecule has 4 nitrogen and oxygen atoms in total. The van der Waals surface area contributed by atoms with Crippen LogP contribution in [0.5, 0.6) is 0 Å². The van der Waals surface area contributed by atoms with Gasteiger partial charge in [0, 0.05) is 34.0 Å². The second kappa shape index (κ2) is 7.85. The number of benzene rings is 2. The maximum absolute atomic E-state index is 12.2. The fraction of sp³-hybridized carbons (Fsp3) is 0.118. The van der Waals surface area contributed by atoms with Crippen molar-refractivity contribution in [3.8, 4) is 10.6 Å². The molecule has 0 amide bonds. The number of nitrogens with zero attached hydrogens (tertiary/aromatic N) is 1. The first-order valence-electron chi connectivity index (χ1n) is 7.40. The lowest BCUT2D eigenvalue weighted by atomic mass is 10.2. The molecule has 2 aromatic carbocycles. The maximum atomic E-state index is 12.2. The van der Waals surface area contributed by atoms with Crippen LogP contribution >= 0.6 is 34.5 Å². The summed E-state index contributed by atoms with van der Waals surface area (Å²) in [5, 5.41) is 3.99. The summed E-state index contributed by atoms with van der Waals surface area (Å²) in [6.45, 7) is 0.273. The predicted octanol–water partition coefficient (Wildman–Crippen LogP) is 4.64. The van der Waals surface area contributed by atoms with Crippen molar-refractivity contribution in [2.45, 2.75) is 11.3 Å². The van der Waals surface area contributed by atoms with Crippen LogP contribution in [0.25, 0.3) is 10.6 Å². The van der Waals surface area contributed by atoms with Crippen LogP contribution in [0.3, 0.4) is 0 Å². The molecule has 1 aromatic heterocycles. The lowest BCUT2D eigenvalue weighted by molar-refractivity contribution is 0.581. The summed E-state index contributed by atoms with van der Waals surface area (Å²) in [6, 6.07) is 13.5. The summed E-state index contributed by atoms with van der Waals surface area (Å²) < 4.78 is 27.0. The van der Waals surface area contributed by atoms with Crippen molar-refractivity contribution < 1.29 is 8.42 Å². The van der Waals surface area contributed by atoms with E-state index in [4.69, 9.17) is 23.2 Å². The summed E-state index contributed by atoms with van der Waals surface area (Å²) >= 11 is 13.2. The molecule has 0 aliphatic rings. The molecule has 0 aliphatic carbocycles. The van der Waals surface area contributed by atoms with Crippen LogP contribution in [0.15, 0.2) is 58.8 Å². The van der Waals surface area contributed by atoms with Gasteiger partial charge in [0.1, 0.15) is 5.01 Å². The molecule has 130 valence electrons. The first-order valence-corrected chi connectivity index (χ1v) is 10.5. The van der Waals surface area contributed by atoms with E-state index in [1.54, 1.807) is 12.1 Å². The van der Waals surface area contributed by atoms with E-state index in [1.807, 2.05) is 29.6 Å². The normalized spacial score (nSPS) is 11.6. The average molecular weight is 413 g/mol. The smallest absolute Gasteiger partial charge is 0.240 e. The van der Waals surface area contributed by atoms with Crippen LogP contribution in [0.1, 0.15) is 5.69 Å². The lowest BCUT2D eigenvalue weighted by Crippen LogP contribution is -2.26. The summed E-state index contributed by atoms with van der Waals surface area (Å²) in [5.41, 5.74) is 1.83. The minimum atomic E-state index is -3.54. The van der Waals surface area contributed by atoms with Gasteiger partial charge in [-0.2, -0.15) is 0 Å². The fourth-order valence-electron chi connectivity index (χ4n) is 2.16. The Morgan fingerprint density at radius 1 is 0.960 bits per heavy atom.